The van der Waals surface area contributed by atoms with Gasteiger partial charge in [0.1, 0.15) is 23.9 Å². The topological polar surface area (TPSA) is 99.2 Å². The minimum absolute atomic E-state index is 0.150. The number of benzene rings is 2. The second-order valence-corrected chi connectivity index (χ2v) is 8.50. The van der Waals surface area contributed by atoms with Crippen LogP contribution in [0.3, 0.4) is 0 Å². The summed E-state index contributed by atoms with van der Waals surface area (Å²) in [7, 11) is -4.11. The van der Waals surface area contributed by atoms with Crippen LogP contribution in [-0.4, -0.2) is 57.4 Å². The molecule has 8 nitrogen and oxygen atoms in total. The number of nitrogens with zero attached hydrogens (tertiary/aromatic N) is 1. The Labute approximate surface area is 179 Å². The third-order valence-corrected chi connectivity index (χ3v) is 6.75. The molecule has 0 aliphatic carbocycles. The van der Waals surface area contributed by atoms with Crippen molar-refractivity contribution in [3.05, 3.63) is 53.3 Å². The van der Waals surface area contributed by atoms with Crippen molar-refractivity contribution >= 4 is 21.8 Å². The first kappa shape index (κ1) is 22.7. The van der Waals surface area contributed by atoms with E-state index in [-0.39, 0.29) is 24.2 Å². The monoisotopic (exact) mass is 451 g/mol. The number of hydrogen-bond donors (Lipinski definition) is 0. The Balaban J connectivity index is 1.73. The van der Waals surface area contributed by atoms with Crippen molar-refractivity contribution in [3.63, 3.8) is 0 Å². The molecule has 0 amide bonds. The van der Waals surface area contributed by atoms with E-state index < -0.39 is 39.1 Å². The molecule has 2 aromatic rings. The van der Waals surface area contributed by atoms with Gasteiger partial charge in [0.2, 0.25) is 10.0 Å². The minimum atomic E-state index is -4.11. The van der Waals surface area contributed by atoms with Gasteiger partial charge in [-0.15, -0.1) is 0 Å². The first-order chi connectivity index (χ1) is 14.8. The lowest BCUT2D eigenvalue weighted by Gasteiger charge is -2.19. The molecule has 1 aliphatic rings. The lowest BCUT2D eigenvalue weighted by Crippen LogP contribution is -2.31. The van der Waals surface area contributed by atoms with Crippen LogP contribution in [-0.2, 0) is 14.8 Å². The van der Waals surface area contributed by atoms with Gasteiger partial charge in [0, 0.05) is 18.7 Å². The fourth-order valence-corrected chi connectivity index (χ4v) is 4.59. The summed E-state index contributed by atoms with van der Waals surface area (Å²) in [4.78, 5) is 24.1. The van der Waals surface area contributed by atoms with Crippen LogP contribution in [0.5, 0.6) is 11.5 Å². The summed E-state index contributed by atoms with van der Waals surface area (Å²) >= 11 is 0. The Morgan fingerprint density at radius 2 is 1.65 bits per heavy atom. The van der Waals surface area contributed by atoms with Crippen LogP contribution in [0, 0.1) is 5.82 Å². The highest BCUT2D eigenvalue weighted by Gasteiger charge is 2.27. The molecule has 0 radical (unpaired) electrons. The molecular weight excluding hydrogens is 429 g/mol. The number of ether oxygens (including phenoxy) is 3. The summed E-state index contributed by atoms with van der Waals surface area (Å²) in [5, 5.41) is 0. The predicted octanol–water partition coefficient (Wildman–Crippen LogP) is 2.67. The van der Waals surface area contributed by atoms with E-state index in [1.807, 2.05) is 0 Å². The van der Waals surface area contributed by atoms with E-state index in [0.717, 1.165) is 22.5 Å². The van der Waals surface area contributed by atoms with Crippen LogP contribution in [0.15, 0.2) is 41.3 Å². The molecule has 0 fully saturated rings. The van der Waals surface area contributed by atoms with E-state index >= 15 is 0 Å². The van der Waals surface area contributed by atoms with Crippen LogP contribution in [0.1, 0.15) is 34.6 Å². The van der Waals surface area contributed by atoms with Gasteiger partial charge in [-0.05, 0) is 36.4 Å². The largest absolute Gasteiger partial charge is 0.486 e. The number of ketones is 1. The second kappa shape index (κ2) is 9.44. The molecule has 0 saturated heterocycles. The SMILES string of the molecule is CCN(CC)S(=O)(=O)c1cc(C(=O)OCC(=O)c2ccc3c(c2)OCCO3)ccc1F. The summed E-state index contributed by atoms with van der Waals surface area (Å²) in [6.07, 6.45) is 0. The van der Waals surface area contributed by atoms with E-state index in [1.54, 1.807) is 19.9 Å². The highest BCUT2D eigenvalue weighted by atomic mass is 32.2. The lowest BCUT2D eigenvalue weighted by atomic mass is 10.1. The number of carbonyl (C=O) groups excluding carboxylic acids is 2. The van der Waals surface area contributed by atoms with E-state index in [2.05, 4.69) is 0 Å². The molecular formula is C21H22FNO7S. The summed E-state index contributed by atoms with van der Waals surface area (Å²) in [5.74, 6) is -1.46. The molecule has 2 aromatic carbocycles. The van der Waals surface area contributed by atoms with Crippen molar-refractivity contribution in [1.29, 1.82) is 0 Å². The Morgan fingerprint density at radius 3 is 2.32 bits per heavy atom. The maximum Gasteiger partial charge on any atom is 0.338 e. The molecule has 0 bridgehead atoms. The molecule has 0 N–H and O–H groups in total. The van der Waals surface area contributed by atoms with Crippen molar-refractivity contribution in [2.75, 3.05) is 32.9 Å². The standard InChI is InChI=1S/C21H22FNO7S/c1-3-23(4-2)31(26,27)20-12-15(5-7-16(20)22)21(25)30-13-17(24)14-6-8-18-19(11-14)29-10-9-28-18/h5-8,11-12H,3-4,9-10,13H2,1-2H3. The quantitative estimate of drug-likeness (QED) is 0.449. The Hall–Kier alpha value is -2.98. The van der Waals surface area contributed by atoms with Crippen molar-refractivity contribution in [1.82, 2.24) is 4.31 Å². The van der Waals surface area contributed by atoms with Crippen molar-refractivity contribution in [3.8, 4) is 11.5 Å². The lowest BCUT2D eigenvalue weighted by molar-refractivity contribution is 0.0474. The van der Waals surface area contributed by atoms with E-state index in [0.29, 0.717) is 24.7 Å². The highest BCUT2D eigenvalue weighted by molar-refractivity contribution is 7.89. The van der Waals surface area contributed by atoms with Crippen LogP contribution < -0.4 is 9.47 Å². The van der Waals surface area contributed by atoms with Gasteiger partial charge in [-0.25, -0.2) is 17.6 Å². The number of esters is 1. The normalized spacial score (nSPS) is 13.2. The molecule has 0 aromatic heterocycles. The summed E-state index contributed by atoms with van der Waals surface area (Å²) in [6.45, 7) is 3.76. The zero-order valence-corrected chi connectivity index (χ0v) is 17.9. The molecule has 0 saturated carbocycles. The molecule has 31 heavy (non-hydrogen) atoms. The predicted molar refractivity (Wildman–Crippen MR) is 109 cm³/mol. The van der Waals surface area contributed by atoms with Gasteiger partial charge in [-0.2, -0.15) is 4.31 Å². The molecule has 1 aliphatic heterocycles. The van der Waals surface area contributed by atoms with Gasteiger partial charge < -0.3 is 14.2 Å². The third kappa shape index (κ3) is 4.86. The second-order valence-electron chi connectivity index (χ2n) is 6.59. The Kier molecular flexibility index (Phi) is 6.91. The number of rotatable bonds is 8. The number of hydrogen-bond acceptors (Lipinski definition) is 7. The highest BCUT2D eigenvalue weighted by Crippen LogP contribution is 2.31. The molecule has 3 rings (SSSR count). The molecule has 1 heterocycles. The van der Waals surface area contributed by atoms with Crippen LogP contribution >= 0.6 is 0 Å². The number of halogens is 1. The summed E-state index contributed by atoms with van der Waals surface area (Å²) in [6, 6.07) is 7.52. The van der Waals surface area contributed by atoms with Crippen LogP contribution in [0.25, 0.3) is 0 Å². The fraction of sp³-hybridized carbons (Fsp3) is 0.333. The zero-order valence-electron chi connectivity index (χ0n) is 17.1. The third-order valence-electron chi connectivity index (χ3n) is 4.69. The number of carbonyl (C=O) groups is 2. The zero-order chi connectivity index (χ0) is 22.6. The van der Waals surface area contributed by atoms with Gasteiger partial charge in [0.05, 0.1) is 5.56 Å². The van der Waals surface area contributed by atoms with Crippen LogP contribution in [0.4, 0.5) is 4.39 Å². The average Bonchev–Trinajstić information content (AvgIpc) is 2.77. The molecule has 0 spiro atoms. The number of Topliss-reactive ketones (excluding diaryl/α,β-unsaturated/α-hetero) is 1. The number of sulfonamides is 1. The van der Waals surface area contributed by atoms with Crippen molar-refractivity contribution in [2.45, 2.75) is 18.7 Å². The fourth-order valence-electron chi connectivity index (χ4n) is 3.05. The average molecular weight is 451 g/mol. The van der Waals surface area contributed by atoms with Gasteiger partial charge in [-0.3, -0.25) is 4.79 Å². The van der Waals surface area contributed by atoms with E-state index in [1.165, 1.54) is 12.1 Å². The minimum Gasteiger partial charge on any atom is -0.486 e. The molecule has 166 valence electrons. The Bertz CT molecular complexity index is 1100. The molecule has 0 atom stereocenters. The smallest absolute Gasteiger partial charge is 0.338 e. The maximum atomic E-state index is 14.2. The summed E-state index contributed by atoms with van der Waals surface area (Å²) in [5.41, 5.74) is 0.0862. The molecule has 0 unspecified atom stereocenters. The number of fused-ring (bicyclic) bond motifs is 1. The van der Waals surface area contributed by atoms with Crippen molar-refractivity contribution in [2.24, 2.45) is 0 Å². The maximum absolute atomic E-state index is 14.2. The van der Waals surface area contributed by atoms with Gasteiger partial charge >= 0.3 is 5.97 Å². The van der Waals surface area contributed by atoms with Gasteiger partial charge in [-0.1, -0.05) is 13.8 Å². The van der Waals surface area contributed by atoms with Crippen LogP contribution in [0.2, 0.25) is 0 Å². The van der Waals surface area contributed by atoms with Gasteiger partial charge in [0.15, 0.2) is 23.9 Å². The van der Waals surface area contributed by atoms with E-state index in [4.69, 9.17) is 14.2 Å². The summed E-state index contributed by atoms with van der Waals surface area (Å²) < 4.78 is 56.3. The van der Waals surface area contributed by atoms with Crippen molar-refractivity contribution < 1.29 is 36.6 Å². The van der Waals surface area contributed by atoms with Gasteiger partial charge in [0.25, 0.3) is 0 Å². The first-order valence-electron chi connectivity index (χ1n) is 9.67. The Morgan fingerprint density at radius 1 is 1.00 bits per heavy atom. The molecule has 10 heteroatoms. The van der Waals surface area contributed by atoms with E-state index in [9.17, 15) is 22.4 Å². The first-order valence-corrected chi connectivity index (χ1v) is 11.1.